The van der Waals surface area contributed by atoms with Gasteiger partial charge in [0.1, 0.15) is 5.60 Å². The predicted molar refractivity (Wildman–Crippen MR) is 63.3 cm³/mol. The van der Waals surface area contributed by atoms with Crippen molar-refractivity contribution in [3.05, 3.63) is 0 Å². The van der Waals surface area contributed by atoms with E-state index in [0.29, 0.717) is 12.8 Å². The highest BCUT2D eigenvalue weighted by molar-refractivity contribution is 5.88. The van der Waals surface area contributed by atoms with Crippen LogP contribution in [0.1, 0.15) is 46.5 Å². The molecule has 2 aliphatic heterocycles. The third kappa shape index (κ3) is 2.53. The van der Waals surface area contributed by atoms with Crippen LogP contribution in [0.4, 0.5) is 4.79 Å². The summed E-state index contributed by atoms with van der Waals surface area (Å²) < 4.78 is 5.41. The quantitative estimate of drug-likeness (QED) is 0.522. The molecule has 0 aliphatic carbocycles. The molecule has 2 atom stereocenters. The molecule has 0 saturated carbocycles. The molecule has 0 aromatic carbocycles. The van der Waals surface area contributed by atoms with Crippen molar-refractivity contribution in [3.63, 3.8) is 0 Å². The first kappa shape index (κ1) is 12.2. The zero-order chi connectivity index (χ0) is 12.6. The van der Waals surface area contributed by atoms with Crippen LogP contribution in [0.2, 0.25) is 0 Å². The standard InChI is InChI=1S/C12H20N2O3/c1-12(2,3)17-11(15)14-9-4-5-10(14)7-8(6-9)13-16/h9-10,16H,4-7H2,1-3H3. The number of amides is 1. The monoisotopic (exact) mass is 240 g/mol. The largest absolute Gasteiger partial charge is 0.444 e. The maximum atomic E-state index is 12.1. The fraction of sp³-hybridized carbons (Fsp3) is 0.833. The number of ether oxygens (including phenoxy) is 1. The molecule has 1 amide bonds. The number of carbonyl (C=O) groups is 1. The maximum Gasteiger partial charge on any atom is 0.410 e. The molecule has 5 nitrogen and oxygen atoms in total. The lowest BCUT2D eigenvalue weighted by Gasteiger charge is -2.36. The summed E-state index contributed by atoms with van der Waals surface area (Å²) in [5, 5.41) is 12.1. The van der Waals surface area contributed by atoms with E-state index in [-0.39, 0.29) is 18.2 Å². The molecule has 2 rings (SSSR count). The fourth-order valence-electron chi connectivity index (χ4n) is 2.68. The molecule has 2 aliphatic rings. The first-order chi connectivity index (χ1) is 7.90. The van der Waals surface area contributed by atoms with Crippen LogP contribution in [0.5, 0.6) is 0 Å². The van der Waals surface area contributed by atoms with E-state index in [9.17, 15) is 4.79 Å². The Morgan fingerprint density at radius 3 is 2.29 bits per heavy atom. The van der Waals surface area contributed by atoms with Gasteiger partial charge in [0.2, 0.25) is 0 Å². The van der Waals surface area contributed by atoms with E-state index in [1.807, 2.05) is 25.7 Å². The summed E-state index contributed by atoms with van der Waals surface area (Å²) in [4.78, 5) is 13.9. The molecule has 2 unspecified atom stereocenters. The number of hydrogen-bond acceptors (Lipinski definition) is 4. The fourth-order valence-corrected chi connectivity index (χ4v) is 2.68. The van der Waals surface area contributed by atoms with Crippen LogP contribution in [0, 0.1) is 0 Å². The zero-order valence-corrected chi connectivity index (χ0v) is 10.6. The van der Waals surface area contributed by atoms with Crippen LogP contribution in [0.15, 0.2) is 5.16 Å². The van der Waals surface area contributed by atoms with E-state index in [0.717, 1.165) is 18.6 Å². The van der Waals surface area contributed by atoms with Crippen LogP contribution in [0.3, 0.4) is 0 Å². The second-order valence-corrected chi connectivity index (χ2v) is 5.85. The molecule has 96 valence electrons. The molecule has 5 heteroatoms. The van der Waals surface area contributed by atoms with Gasteiger partial charge in [0.05, 0.1) is 5.71 Å². The number of oxime groups is 1. The lowest BCUT2D eigenvalue weighted by Crippen LogP contribution is -2.48. The van der Waals surface area contributed by atoms with Crippen molar-refractivity contribution in [1.82, 2.24) is 4.90 Å². The zero-order valence-electron chi connectivity index (χ0n) is 10.6. The second kappa shape index (κ2) is 4.20. The summed E-state index contributed by atoms with van der Waals surface area (Å²) in [7, 11) is 0. The van der Waals surface area contributed by atoms with Gasteiger partial charge in [-0.1, -0.05) is 5.16 Å². The number of nitrogens with zero attached hydrogens (tertiary/aromatic N) is 2. The first-order valence-corrected chi connectivity index (χ1v) is 6.12. The van der Waals surface area contributed by atoms with Gasteiger partial charge >= 0.3 is 6.09 Å². The maximum absolute atomic E-state index is 12.1. The highest BCUT2D eigenvalue weighted by Crippen LogP contribution is 2.35. The third-order valence-electron chi connectivity index (χ3n) is 3.31. The highest BCUT2D eigenvalue weighted by Gasteiger charge is 2.43. The van der Waals surface area contributed by atoms with Crippen molar-refractivity contribution >= 4 is 11.8 Å². The van der Waals surface area contributed by atoms with Crippen LogP contribution in [0.25, 0.3) is 0 Å². The van der Waals surface area contributed by atoms with Gasteiger partial charge in [-0.3, -0.25) is 0 Å². The van der Waals surface area contributed by atoms with E-state index in [4.69, 9.17) is 9.94 Å². The Labute approximate surface area is 101 Å². The first-order valence-electron chi connectivity index (χ1n) is 6.12. The normalized spacial score (nSPS) is 28.2. The van der Waals surface area contributed by atoms with Gasteiger partial charge in [-0.2, -0.15) is 0 Å². The van der Waals surface area contributed by atoms with Gasteiger partial charge < -0.3 is 14.8 Å². The number of rotatable bonds is 0. The van der Waals surface area contributed by atoms with Crippen molar-refractivity contribution in [2.24, 2.45) is 5.16 Å². The third-order valence-corrected chi connectivity index (χ3v) is 3.31. The molecule has 0 aromatic heterocycles. The lowest BCUT2D eigenvalue weighted by molar-refractivity contribution is 0.0136. The topological polar surface area (TPSA) is 62.1 Å². The summed E-state index contributed by atoms with van der Waals surface area (Å²) in [6, 6.07) is 0.295. The smallest absolute Gasteiger partial charge is 0.410 e. The van der Waals surface area contributed by atoms with Crippen LogP contribution in [-0.4, -0.2) is 39.6 Å². The molecule has 1 N–H and O–H groups in total. The van der Waals surface area contributed by atoms with E-state index in [1.54, 1.807) is 0 Å². The Morgan fingerprint density at radius 2 is 1.88 bits per heavy atom. The van der Waals surface area contributed by atoms with E-state index >= 15 is 0 Å². The van der Waals surface area contributed by atoms with Gasteiger partial charge in [-0.25, -0.2) is 4.79 Å². The molecule has 2 saturated heterocycles. The Hall–Kier alpha value is -1.26. The number of carbonyl (C=O) groups excluding carboxylic acids is 1. The van der Waals surface area contributed by atoms with Crippen molar-refractivity contribution in [2.75, 3.05) is 0 Å². The van der Waals surface area contributed by atoms with Crippen molar-refractivity contribution in [2.45, 2.75) is 64.1 Å². The minimum absolute atomic E-state index is 0.148. The number of piperidine rings is 1. The Bertz CT molecular complexity index is 330. The van der Waals surface area contributed by atoms with Crippen molar-refractivity contribution in [1.29, 1.82) is 0 Å². The number of fused-ring (bicyclic) bond motifs is 2. The minimum atomic E-state index is -0.456. The van der Waals surface area contributed by atoms with Gasteiger partial charge in [0.15, 0.2) is 0 Å². The summed E-state index contributed by atoms with van der Waals surface area (Å²) in [5.74, 6) is 0. The lowest BCUT2D eigenvalue weighted by atomic mass is 10.0. The summed E-state index contributed by atoms with van der Waals surface area (Å²) in [6.45, 7) is 5.62. The van der Waals surface area contributed by atoms with Gasteiger partial charge in [0.25, 0.3) is 0 Å². The molecular weight excluding hydrogens is 220 g/mol. The summed E-state index contributed by atoms with van der Waals surface area (Å²) in [6.07, 6.45) is 3.06. The van der Waals surface area contributed by atoms with Gasteiger partial charge in [-0.15, -0.1) is 0 Å². The molecule has 2 fully saturated rings. The highest BCUT2D eigenvalue weighted by atomic mass is 16.6. The van der Waals surface area contributed by atoms with Crippen LogP contribution >= 0.6 is 0 Å². The molecule has 0 aromatic rings. The van der Waals surface area contributed by atoms with Crippen LogP contribution < -0.4 is 0 Å². The molecule has 2 heterocycles. The minimum Gasteiger partial charge on any atom is -0.444 e. The van der Waals surface area contributed by atoms with E-state index in [1.165, 1.54) is 0 Å². The van der Waals surface area contributed by atoms with Crippen molar-refractivity contribution in [3.8, 4) is 0 Å². The van der Waals surface area contributed by atoms with E-state index < -0.39 is 5.60 Å². The van der Waals surface area contributed by atoms with Gasteiger partial charge in [-0.05, 0) is 33.6 Å². The average molecular weight is 240 g/mol. The molecular formula is C12H20N2O3. The Kier molecular flexibility index (Phi) is 3.02. The molecule has 0 radical (unpaired) electrons. The average Bonchev–Trinajstić information content (AvgIpc) is 2.47. The second-order valence-electron chi connectivity index (χ2n) is 5.85. The predicted octanol–water partition coefficient (Wildman–Crippen LogP) is 2.38. The Morgan fingerprint density at radius 1 is 1.35 bits per heavy atom. The van der Waals surface area contributed by atoms with Crippen molar-refractivity contribution < 1.29 is 14.7 Å². The molecule has 0 spiro atoms. The number of hydrogen-bond donors (Lipinski definition) is 1. The van der Waals surface area contributed by atoms with Gasteiger partial charge in [0, 0.05) is 24.9 Å². The Balaban J connectivity index is 2.06. The van der Waals surface area contributed by atoms with E-state index in [2.05, 4.69) is 5.16 Å². The van der Waals surface area contributed by atoms with Crippen LogP contribution in [-0.2, 0) is 4.74 Å². The molecule has 2 bridgehead atoms. The molecule has 17 heavy (non-hydrogen) atoms. The summed E-state index contributed by atoms with van der Waals surface area (Å²) >= 11 is 0. The summed E-state index contributed by atoms with van der Waals surface area (Å²) in [5.41, 5.74) is 0.347. The SMILES string of the molecule is CC(C)(C)OC(=O)N1C2CCC1CC(=NO)C2.